The number of aliphatic hydroxyl groups excluding tert-OH is 2. The molecule has 5 aliphatic rings. The third kappa shape index (κ3) is 14.6. The number of allylic oxidation sites excluding steroid dienone is 2. The molecule has 15 atom stereocenters. The summed E-state index contributed by atoms with van der Waals surface area (Å²) in [7, 11) is 3.22. The van der Waals surface area contributed by atoms with E-state index in [1.807, 2.05) is 64.2 Å². The summed E-state index contributed by atoms with van der Waals surface area (Å²) in [5, 5.41) is 33.9. The fourth-order valence-electron chi connectivity index (χ4n) is 10.4. The molecule has 2 aromatic heterocycles. The van der Waals surface area contributed by atoms with Crippen molar-refractivity contribution >= 4 is 34.1 Å². The highest BCUT2D eigenvalue weighted by atomic mass is 79.9. The molecule has 16 heteroatoms. The lowest BCUT2D eigenvalue weighted by Gasteiger charge is -2.44. The van der Waals surface area contributed by atoms with Gasteiger partial charge in [-0.15, -0.1) is 0 Å². The summed E-state index contributed by atoms with van der Waals surface area (Å²) in [6.45, 7) is 12.2. The summed E-state index contributed by atoms with van der Waals surface area (Å²) >= 11 is 3.28. The summed E-state index contributed by atoms with van der Waals surface area (Å²) in [5.41, 5.74) is 3.86. The molecule has 0 amide bonds. The molecule has 0 saturated carbocycles. The molecule has 0 spiro atoms. The molecule has 0 aliphatic carbocycles. The van der Waals surface area contributed by atoms with Crippen LogP contribution in [0.15, 0.2) is 92.2 Å². The van der Waals surface area contributed by atoms with E-state index in [9.17, 15) is 20.1 Å². The van der Waals surface area contributed by atoms with Crippen molar-refractivity contribution in [3.05, 3.63) is 107 Å². The molecule has 0 radical (unpaired) electrons. The Hall–Kier alpha value is -3.81. The van der Waals surface area contributed by atoms with E-state index in [2.05, 4.69) is 22.5 Å². The molecule has 69 heavy (non-hydrogen) atoms. The van der Waals surface area contributed by atoms with Crippen molar-refractivity contribution in [2.75, 3.05) is 14.2 Å². The molecule has 8 bridgehead atoms. The molecule has 5 aliphatic heterocycles. The maximum atomic E-state index is 13.6. The molecule has 0 aromatic carbocycles. The molecule has 2 aromatic rings. The summed E-state index contributed by atoms with van der Waals surface area (Å²) < 4.78 is 55.2. The fraction of sp³-hybridized carbons (Fsp3) is 0.604. The number of rotatable bonds is 12. The summed E-state index contributed by atoms with van der Waals surface area (Å²) in [5.74, 6) is -1.95. The van der Waals surface area contributed by atoms with E-state index in [-0.39, 0.29) is 67.2 Å². The van der Waals surface area contributed by atoms with E-state index in [0.29, 0.717) is 75.1 Å². The van der Waals surface area contributed by atoms with Crippen LogP contribution < -0.4 is 0 Å². The van der Waals surface area contributed by atoms with E-state index in [1.165, 1.54) is 12.3 Å². The van der Waals surface area contributed by atoms with Crippen LogP contribution in [0.1, 0.15) is 121 Å². The van der Waals surface area contributed by atoms with Gasteiger partial charge in [0.1, 0.15) is 36.1 Å². The second-order valence-electron chi connectivity index (χ2n) is 19.5. The Morgan fingerprint density at radius 1 is 0.986 bits per heavy atom. The highest BCUT2D eigenvalue weighted by Gasteiger charge is 2.45. The predicted molar refractivity (Wildman–Crippen MR) is 261 cm³/mol. The van der Waals surface area contributed by atoms with Gasteiger partial charge < -0.3 is 57.3 Å². The number of esters is 1. The predicted octanol–water partition coefficient (Wildman–Crippen LogP) is 8.76. The van der Waals surface area contributed by atoms with Crippen LogP contribution in [0.2, 0.25) is 0 Å². The van der Waals surface area contributed by atoms with E-state index in [4.69, 9.17) is 52.0 Å². The Bertz CT molecular complexity index is 2210. The number of hydrogen-bond acceptors (Lipinski definition) is 15. The van der Waals surface area contributed by atoms with Crippen LogP contribution >= 0.6 is 15.9 Å². The summed E-state index contributed by atoms with van der Waals surface area (Å²) in [6.07, 6.45) is 19.5. The monoisotopic (exact) mass is 1020 g/mol. The van der Waals surface area contributed by atoms with E-state index >= 15 is 0 Å². The number of aliphatic hydroxyl groups is 3. The van der Waals surface area contributed by atoms with Crippen molar-refractivity contribution in [1.82, 2.24) is 9.97 Å². The maximum Gasteiger partial charge on any atom is 0.330 e. The second kappa shape index (κ2) is 24.5. The van der Waals surface area contributed by atoms with Crippen LogP contribution in [0.3, 0.4) is 0 Å². The number of carbonyl (C=O) groups excluding carboxylic acids is 1. The first-order chi connectivity index (χ1) is 33.1. The topological polar surface area (TPSA) is 194 Å². The van der Waals surface area contributed by atoms with Gasteiger partial charge in [-0.1, -0.05) is 84.0 Å². The second-order valence-corrected chi connectivity index (χ2v) is 20.0. The Balaban J connectivity index is 1.06. The number of carbonyl (C=O) groups is 1. The average molecular weight is 1020 g/mol. The van der Waals surface area contributed by atoms with Crippen LogP contribution in [-0.4, -0.2) is 118 Å². The largest absolute Gasteiger partial charge is 0.458 e. The van der Waals surface area contributed by atoms with Crippen molar-refractivity contribution in [3.8, 4) is 0 Å². The van der Waals surface area contributed by atoms with Gasteiger partial charge in [-0.05, 0) is 75.1 Å². The minimum Gasteiger partial charge on any atom is -0.458 e. The van der Waals surface area contributed by atoms with Gasteiger partial charge in [0.25, 0.3) is 0 Å². The third-order valence-corrected chi connectivity index (χ3v) is 14.2. The van der Waals surface area contributed by atoms with Crippen molar-refractivity contribution < 1.29 is 62.1 Å². The normalized spacial score (nSPS) is 35.7. The van der Waals surface area contributed by atoms with Gasteiger partial charge in [-0.3, -0.25) is 0 Å². The molecule has 4 saturated heterocycles. The van der Waals surface area contributed by atoms with Crippen molar-refractivity contribution in [1.29, 1.82) is 0 Å². The molecule has 0 unspecified atom stereocenters. The average Bonchev–Trinajstić information content (AvgIpc) is 3.96. The van der Waals surface area contributed by atoms with Crippen LogP contribution in [0, 0.1) is 11.8 Å². The highest BCUT2D eigenvalue weighted by molar-refractivity contribution is 9.11. The SMILES string of the molecule is C=C1C[C@@H]2C[C@@H]3C[C@@H](O)C[C@@H](O3)c3coc(n3)/C=C/C[C@H]3O[C@@H](/C(C)=C/c4coc(C[C@]5(O)C[C@H](OC)C[C@H]([C@H](O)/C=C(C)/C=C/[C@@H](C/C=C/Br)OC)O5)n4)[C@H](C)[C@@H](OC(=O)C=CC[C@@H](C1)O2)[C@H]3C. The maximum absolute atomic E-state index is 13.6. The Labute approximate surface area is 414 Å². The number of fused-ring (bicyclic) bond motifs is 9. The molecule has 4 fully saturated rings. The standard InChI is InChI=1S/C53H71BrN2O13/c1-31(16-17-38(61-6)12-10-18-54)21-44(58)47-26-42(62-7)27-53(60,69-47)28-49-55-36(29-63-49)22-33(3)51-35(5)52-34(4)45(67-51)13-9-14-48-56-43(30-64-48)46-24-37(57)23-41(66-46)25-40-20-32(2)19-39(65-40)11-8-15-50(59)68-52/h8-10,14-18,21-22,29-30,34-35,37-42,44-47,51-52,57-58,60H,2,11-13,19-20,23-28H2,1,3-7H3/b14-9+,15-8?,17-16+,18-10+,31-21+,33-22+/t34-,35-,37+,38+,39-,40+,41-,42+,44+,45+,46+,47+,51-,52-,53-/m0/s1. The third-order valence-electron chi connectivity index (χ3n) is 13.9. The number of methoxy groups -OCH3 is 2. The quantitative estimate of drug-likeness (QED) is 0.104. The summed E-state index contributed by atoms with van der Waals surface area (Å²) in [6, 6.07) is 0. The van der Waals surface area contributed by atoms with Gasteiger partial charge >= 0.3 is 5.97 Å². The van der Waals surface area contributed by atoms with Crippen molar-refractivity contribution in [3.63, 3.8) is 0 Å². The first-order valence-corrected chi connectivity index (χ1v) is 25.2. The van der Waals surface area contributed by atoms with Gasteiger partial charge in [-0.2, -0.15) is 0 Å². The molecule has 3 N–H and O–H groups in total. The Kier molecular flexibility index (Phi) is 18.9. The Morgan fingerprint density at radius 2 is 1.78 bits per heavy atom. The molecule has 15 nitrogen and oxygen atoms in total. The minimum atomic E-state index is -1.73. The van der Waals surface area contributed by atoms with Gasteiger partial charge in [-0.25, -0.2) is 14.8 Å². The van der Waals surface area contributed by atoms with Gasteiger partial charge in [0.15, 0.2) is 11.7 Å². The first-order valence-electron chi connectivity index (χ1n) is 24.3. The molecular formula is C53H71BrN2O13. The lowest BCUT2D eigenvalue weighted by Crippen LogP contribution is -2.51. The van der Waals surface area contributed by atoms with E-state index in [1.54, 1.807) is 37.6 Å². The fourth-order valence-corrected chi connectivity index (χ4v) is 10.6. The van der Waals surface area contributed by atoms with Crippen LogP contribution in [0.25, 0.3) is 12.2 Å². The number of hydrogen-bond donors (Lipinski definition) is 3. The number of nitrogens with zero attached hydrogens (tertiary/aromatic N) is 2. The van der Waals surface area contributed by atoms with Crippen LogP contribution in [-0.2, 0) is 44.4 Å². The lowest BCUT2D eigenvalue weighted by molar-refractivity contribution is -0.286. The lowest BCUT2D eigenvalue weighted by atomic mass is 9.79. The van der Waals surface area contributed by atoms with E-state index in [0.717, 1.165) is 16.7 Å². The highest BCUT2D eigenvalue weighted by Crippen LogP contribution is 2.40. The smallest absolute Gasteiger partial charge is 0.330 e. The molecule has 7 heterocycles. The van der Waals surface area contributed by atoms with Crippen LogP contribution in [0.4, 0.5) is 0 Å². The summed E-state index contributed by atoms with van der Waals surface area (Å²) in [4.78, 5) is 24.8. The number of halogens is 1. The first kappa shape index (κ1) is 53.0. The van der Waals surface area contributed by atoms with Crippen molar-refractivity contribution in [2.45, 2.75) is 177 Å². The molecular weight excluding hydrogens is 952 g/mol. The van der Waals surface area contributed by atoms with Gasteiger partial charge in [0.2, 0.25) is 5.89 Å². The zero-order valence-corrected chi connectivity index (χ0v) is 42.3. The zero-order valence-electron chi connectivity index (χ0n) is 40.7. The number of oxazole rings is 2. The zero-order chi connectivity index (χ0) is 49.2. The Morgan fingerprint density at radius 3 is 2.57 bits per heavy atom. The van der Waals surface area contributed by atoms with Crippen molar-refractivity contribution in [2.24, 2.45) is 11.8 Å². The molecule has 378 valence electrons. The minimum absolute atomic E-state index is 0.0830. The van der Waals surface area contributed by atoms with E-state index < -0.39 is 48.4 Å². The molecule has 7 rings (SSSR count). The van der Waals surface area contributed by atoms with Crippen LogP contribution in [0.5, 0.6) is 0 Å². The number of aromatic nitrogens is 2. The van der Waals surface area contributed by atoms with Gasteiger partial charge in [0.05, 0.1) is 67.5 Å². The van der Waals surface area contributed by atoms with Gasteiger partial charge in [0, 0.05) is 57.8 Å². The number of ether oxygens (including phenoxy) is 7.